The first-order valence-corrected chi connectivity index (χ1v) is 12.1. The van der Waals surface area contributed by atoms with Gasteiger partial charge in [0.15, 0.2) is 0 Å². The molecular formula is C31H22FNO5. The second kappa shape index (κ2) is 9.52. The zero-order valence-corrected chi connectivity index (χ0v) is 20.1. The van der Waals surface area contributed by atoms with Crippen LogP contribution in [0.15, 0.2) is 103 Å². The fourth-order valence-corrected chi connectivity index (χ4v) is 4.90. The van der Waals surface area contributed by atoms with Crippen LogP contribution in [0.3, 0.4) is 0 Å². The monoisotopic (exact) mass is 507 g/mol. The second-order valence-corrected chi connectivity index (χ2v) is 9.06. The third-order valence-corrected chi connectivity index (χ3v) is 6.65. The van der Waals surface area contributed by atoms with E-state index in [2.05, 4.69) is 0 Å². The fraction of sp³-hybridized carbons (Fsp3) is 0.0968. The van der Waals surface area contributed by atoms with Gasteiger partial charge in [0.2, 0.25) is 0 Å². The zero-order chi connectivity index (χ0) is 26.2. The lowest BCUT2D eigenvalue weighted by Crippen LogP contribution is -2.29. The predicted molar refractivity (Wildman–Crippen MR) is 140 cm³/mol. The highest BCUT2D eigenvalue weighted by molar-refractivity contribution is 6.51. The molecule has 4 aromatic carbocycles. The van der Waals surface area contributed by atoms with Gasteiger partial charge in [-0.05, 0) is 71.8 Å². The van der Waals surface area contributed by atoms with Gasteiger partial charge >= 0.3 is 0 Å². The summed E-state index contributed by atoms with van der Waals surface area (Å²) < 4.78 is 25.8. The first kappa shape index (κ1) is 23.5. The summed E-state index contributed by atoms with van der Waals surface area (Å²) in [6.45, 7) is 0.539. The van der Waals surface area contributed by atoms with E-state index in [4.69, 9.17) is 9.47 Å². The van der Waals surface area contributed by atoms with Gasteiger partial charge in [0, 0.05) is 17.7 Å². The molecule has 2 aliphatic heterocycles. The van der Waals surface area contributed by atoms with Crippen LogP contribution in [0.1, 0.15) is 22.7 Å². The van der Waals surface area contributed by atoms with Crippen molar-refractivity contribution in [1.82, 2.24) is 0 Å². The third-order valence-electron chi connectivity index (χ3n) is 6.65. The van der Waals surface area contributed by atoms with E-state index < -0.39 is 23.5 Å². The summed E-state index contributed by atoms with van der Waals surface area (Å²) in [4.78, 5) is 28.0. The molecule has 6 nitrogen and oxygen atoms in total. The van der Waals surface area contributed by atoms with Crippen LogP contribution in [0.5, 0.6) is 17.2 Å². The van der Waals surface area contributed by atoms with E-state index in [0.717, 1.165) is 11.3 Å². The van der Waals surface area contributed by atoms with Crippen molar-refractivity contribution in [3.8, 4) is 17.2 Å². The molecule has 0 radical (unpaired) electrons. The summed E-state index contributed by atoms with van der Waals surface area (Å²) in [5.41, 5.74) is 1.94. The SMILES string of the molecule is O=C1C(=O)N(c2cccc(F)c2)C(c2cccc(Oc3ccccc3)c2)/C1=C(/O)c1ccc2c(c1)CCO2. The fourth-order valence-electron chi connectivity index (χ4n) is 4.90. The van der Waals surface area contributed by atoms with Crippen LogP contribution in [0.25, 0.3) is 5.76 Å². The number of fused-ring (bicyclic) bond motifs is 1. The highest BCUT2D eigenvalue weighted by atomic mass is 19.1. The number of ketones is 1. The second-order valence-electron chi connectivity index (χ2n) is 9.06. The molecule has 0 aliphatic carbocycles. The molecule has 1 saturated heterocycles. The Hall–Kier alpha value is -4.91. The number of benzene rings is 4. The molecule has 0 saturated carbocycles. The van der Waals surface area contributed by atoms with Crippen molar-refractivity contribution in [1.29, 1.82) is 0 Å². The van der Waals surface area contributed by atoms with Crippen LogP contribution in [0, 0.1) is 5.82 Å². The van der Waals surface area contributed by atoms with Gasteiger partial charge in [0.05, 0.1) is 18.2 Å². The van der Waals surface area contributed by atoms with Crippen molar-refractivity contribution >= 4 is 23.1 Å². The molecule has 38 heavy (non-hydrogen) atoms. The lowest BCUT2D eigenvalue weighted by Gasteiger charge is -2.26. The number of hydrogen-bond acceptors (Lipinski definition) is 5. The molecule has 0 aromatic heterocycles. The number of hydrogen-bond donors (Lipinski definition) is 1. The number of ether oxygens (including phenoxy) is 2. The normalized spacial score (nSPS) is 17.8. The first-order valence-electron chi connectivity index (χ1n) is 12.1. The maximum atomic E-state index is 14.2. The van der Waals surface area contributed by atoms with Gasteiger partial charge in [-0.15, -0.1) is 0 Å². The van der Waals surface area contributed by atoms with Gasteiger partial charge < -0.3 is 14.6 Å². The average Bonchev–Trinajstić information content (AvgIpc) is 3.51. The number of aliphatic hydroxyl groups is 1. The first-order chi connectivity index (χ1) is 18.5. The van der Waals surface area contributed by atoms with Crippen molar-refractivity contribution < 1.29 is 28.6 Å². The number of rotatable bonds is 5. The Labute approximate surface area is 218 Å². The van der Waals surface area contributed by atoms with Crippen molar-refractivity contribution in [3.05, 3.63) is 125 Å². The Morgan fingerprint density at radius 1 is 0.895 bits per heavy atom. The van der Waals surface area contributed by atoms with Gasteiger partial charge in [0.25, 0.3) is 11.7 Å². The molecule has 1 N–H and O–H groups in total. The molecule has 2 heterocycles. The van der Waals surface area contributed by atoms with Crippen LogP contribution >= 0.6 is 0 Å². The highest BCUT2D eigenvalue weighted by Crippen LogP contribution is 2.43. The van der Waals surface area contributed by atoms with E-state index in [1.54, 1.807) is 48.5 Å². The third kappa shape index (κ3) is 4.18. The Kier molecular flexibility index (Phi) is 5.88. The molecule has 1 fully saturated rings. The van der Waals surface area contributed by atoms with Gasteiger partial charge in [-0.1, -0.05) is 36.4 Å². The maximum absolute atomic E-state index is 14.2. The Morgan fingerprint density at radius 2 is 1.68 bits per heavy atom. The predicted octanol–water partition coefficient (Wildman–Crippen LogP) is 6.18. The highest BCUT2D eigenvalue weighted by Gasteiger charge is 2.47. The van der Waals surface area contributed by atoms with Gasteiger partial charge in [-0.25, -0.2) is 4.39 Å². The minimum absolute atomic E-state index is 0.0880. The number of aliphatic hydroxyl groups excluding tert-OH is 1. The van der Waals surface area contributed by atoms with Crippen LogP contribution < -0.4 is 14.4 Å². The standard InChI is InChI=1S/C31H22FNO5/c32-22-7-5-8-23(18-22)33-28(20-6-4-11-25(17-20)38-24-9-2-1-3-10-24)27(30(35)31(33)36)29(34)21-12-13-26-19(16-21)14-15-37-26/h1-13,16-18,28,34H,14-15H2/b29-27-. The molecule has 1 unspecified atom stereocenters. The molecule has 2 aliphatic rings. The van der Waals surface area contributed by atoms with E-state index in [9.17, 15) is 19.1 Å². The number of para-hydroxylation sites is 1. The summed E-state index contributed by atoms with van der Waals surface area (Å²) in [7, 11) is 0. The number of halogens is 1. The number of amides is 1. The van der Waals surface area contributed by atoms with E-state index in [1.807, 2.05) is 30.3 Å². The Bertz CT molecular complexity index is 1600. The van der Waals surface area contributed by atoms with Gasteiger partial charge in [-0.2, -0.15) is 0 Å². The molecule has 7 heteroatoms. The Morgan fingerprint density at radius 3 is 2.50 bits per heavy atom. The van der Waals surface area contributed by atoms with Crippen LogP contribution in [-0.4, -0.2) is 23.4 Å². The number of carbonyl (C=O) groups excluding carboxylic acids is 2. The summed E-state index contributed by atoms with van der Waals surface area (Å²) in [6, 6.07) is 25.7. The average molecular weight is 508 g/mol. The number of nitrogens with zero attached hydrogens (tertiary/aromatic N) is 1. The largest absolute Gasteiger partial charge is 0.507 e. The lowest BCUT2D eigenvalue weighted by molar-refractivity contribution is -0.132. The molecule has 6 rings (SSSR count). The Balaban J connectivity index is 1.50. The van der Waals surface area contributed by atoms with E-state index in [-0.39, 0.29) is 17.0 Å². The van der Waals surface area contributed by atoms with Gasteiger partial charge in [0.1, 0.15) is 28.8 Å². The topological polar surface area (TPSA) is 76.1 Å². The molecular weight excluding hydrogens is 485 g/mol. The summed E-state index contributed by atoms with van der Waals surface area (Å²) in [6.07, 6.45) is 0.677. The van der Waals surface area contributed by atoms with E-state index in [0.29, 0.717) is 35.7 Å². The van der Waals surface area contributed by atoms with Crippen molar-refractivity contribution in [2.45, 2.75) is 12.5 Å². The smallest absolute Gasteiger partial charge is 0.300 e. The number of Topliss-reactive ketones (excluding diaryl/α,β-unsaturated/α-hetero) is 1. The van der Waals surface area contributed by atoms with Crippen molar-refractivity contribution in [2.75, 3.05) is 11.5 Å². The molecule has 0 spiro atoms. The van der Waals surface area contributed by atoms with Crippen LogP contribution in [-0.2, 0) is 16.0 Å². The van der Waals surface area contributed by atoms with Gasteiger partial charge in [-0.3, -0.25) is 14.5 Å². The maximum Gasteiger partial charge on any atom is 0.300 e. The summed E-state index contributed by atoms with van der Waals surface area (Å²) in [5.74, 6) is -0.760. The minimum atomic E-state index is -1.01. The van der Waals surface area contributed by atoms with Crippen molar-refractivity contribution in [2.24, 2.45) is 0 Å². The van der Waals surface area contributed by atoms with Crippen LogP contribution in [0.2, 0.25) is 0 Å². The zero-order valence-electron chi connectivity index (χ0n) is 20.1. The molecule has 0 bridgehead atoms. The summed E-state index contributed by atoms with van der Waals surface area (Å²) in [5, 5.41) is 11.4. The molecule has 1 amide bonds. The summed E-state index contributed by atoms with van der Waals surface area (Å²) >= 11 is 0. The van der Waals surface area contributed by atoms with E-state index in [1.165, 1.54) is 23.1 Å². The minimum Gasteiger partial charge on any atom is -0.507 e. The van der Waals surface area contributed by atoms with E-state index >= 15 is 0 Å². The number of anilines is 1. The molecule has 1 atom stereocenters. The molecule has 4 aromatic rings. The lowest BCUT2D eigenvalue weighted by atomic mass is 9.94. The number of carbonyl (C=O) groups is 2. The van der Waals surface area contributed by atoms with Crippen LogP contribution in [0.4, 0.5) is 10.1 Å². The van der Waals surface area contributed by atoms with Crippen molar-refractivity contribution in [3.63, 3.8) is 0 Å². The quantitative estimate of drug-likeness (QED) is 0.198. The molecule has 188 valence electrons.